The minimum absolute atomic E-state index is 0.613. The lowest BCUT2D eigenvalue weighted by molar-refractivity contribution is -0.179. The van der Waals surface area contributed by atoms with Crippen molar-refractivity contribution in [1.82, 2.24) is 0 Å². The number of carbonyl (C=O) groups is 3. The molecule has 1 N–H and O–H groups in total. The second kappa shape index (κ2) is 8.54. The summed E-state index contributed by atoms with van der Waals surface area (Å²) in [5, 5.41) is 10.2. The van der Waals surface area contributed by atoms with Gasteiger partial charge in [-0.05, 0) is 0 Å². The van der Waals surface area contributed by atoms with Crippen LogP contribution >= 0.6 is 12.2 Å². The molecular formula is C11H16O7S. The maximum Gasteiger partial charge on any atom is 0.303 e. The number of hydrogen-bond acceptors (Lipinski definition) is 8. The molecule has 0 saturated heterocycles. The summed E-state index contributed by atoms with van der Waals surface area (Å²) >= 11 is 4.69. The van der Waals surface area contributed by atoms with Gasteiger partial charge in [-0.3, -0.25) is 14.4 Å². The molecule has 0 unspecified atom stereocenters. The summed E-state index contributed by atoms with van der Waals surface area (Å²) in [6.07, 6.45) is -3.48. The van der Waals surface area contributed by atoms with Gasteiger partial charge in [-0.1, -0.05) is 12.2 Å². The lowest BCUT2D eigenvalue weighted by Gasteiger charge is -2.28. The van der Waals surface area contributed by atoms with Gasteiger partial charge >= 0.3 is 17.9 Å². The molecule has 108 valence electrons. The molecular weight excluding hydrogens is 276 g/mol. The Balaban J connectivity index is 5.11. The number of aliphatic hydroxyl groups is 1. The molecule has 3 atom stereocenters. The maximum atomic E-state index is 11.0. The molecule has 7 nitrogen and oxygen atoms in total. The van der Waals surface area contributed by atoms with Crippen molar-refractivity contribution in [3.8, 4) is 0 Å². The summed E-state index contributed by atoms with van der Waals surface area (Å²) in [7, 11) is 0. The molecule has 0 aliphatic heterocycles. The van der Waals surface area contributed by atoms with E-state index in [0.29, 0.717) is 0 Å². The number of thiocarbonyl (C=S) groups is 1. The smallest absolute Gasteiger partial charge is 0.303 e. The van der Waals surface area contributed by atoms with Gasteiger partial charge in [0.15, 0.2) is 18.3 Å². The van der Waals surface area contributed by atoms with Crippen molar-refractivity contribution < 1.29 is 33.7 Å². The Morgan fingerprint density at radius 1 is 1.05 bits per heavy atom. The van der Waals surface area contributed by atoms with Crippen molar-refractivity contribution in [1.29, 1.82) is 0 Å². The zero-order valence-corrected chi connectivity index (χ0v) is 11.6. The Kier molecular flexibility index (Phi) is 7.85. The van der Waals surface area contributed by atoms with E-state index in [0.717, 1.165) is 26.1 Å². The Morgan fingerprint density at radius 3 is 1.84 bits per heavy atom. The normalized spacial score (nSPS) is 14.7. The van der Waals surface area contributed by atoms with E-state index in [1.54, 1.807) is 0 Å². The van der Waals surface area contributed by atoms with E-state index >= 15 is 0 Å². The third-order valence-corrected chi connectivity index (χ3v) is 2.19. The summed E-state index contributed by atoms with van der Waals surface area (Å²) in [5.74, 6) is -2.02. The van der Waals surface area contributed by atoms with Gasteiger partial charge in [0.2, 0.25) is 0 Å². The van der Waals surface area contributed by atoms with E-state index in [-0.39, 0.29) is 0 Å². The highest BCUT2D eigenvalue weighted by Crippen LogP contribution is 2.13. The van der Waals surface area contributed by atoms with E-state index in [2.05, 4.69) is 12.2 Å². The average molecular weight is 292 g/mol. The molecule has 0 fully saturated rings. The van der Waals surface area contributed by atoms with Gasteiger partial charge in [0.1, 0.15) is 0 Å². The highest BCUT2D eigenvalue weighted by Gasteiger charge is 2.35. The molecule has 8 heteroatoms. The molecule has 0 radical (unpaired) electrons. The van der Waals surface area contributed by atoms with Crippen molar-refractivity contribution in [3.05, 3.63) is 0 Å². The predicted octanol–water partition coefficient (Wildman–Crippen LogP) is -0.226. The van der Waals surface area contributed by atoms with Crippen molar-refractivity contribution in [2.45, 2.75) is 39.1 Å². The Bertz CT molecular complexity index is 355. The topological polar surface area (TPSA) is 99.1 Å². The zero-order valence-electron chi connectivity index (χ0n) is 10.8. The minimum atomic E-state index is -1.20. The summed E-state index contributed by atoms with van der Waals surface area (Å²) in [6, 6.07) is 0. The second-order valence-electron chi connectivity index (χ2n) is 3.61. The van der Waals surface area contributed by atoms with Crippen LogP contribution < -0.4 is 0 Å². The summed E-state index contributed by atoms with van der Waals surface area (Å²) in [5.41, 5.74) is 0. The van der Waals surface area contributed by atoms with Crippen LogP contribution in [0.4, 0.5) is 0 Å². The number of rotatable bonds is 7. The molecule has 0 saturated carbocycles. The molecule has 19 heavy (non-hydrogen) atoms. The standard InChI is InChI=1S/C11H16O7S/c1-6(13)16-9(4-12)11(18-8(3)15)10(5-19)17-7(2)14/h5,9-12H,4H2,1-3H3/t9-,10+,11+/m0/s1. The fraction of sp³-hybridized carbons (Fsp3) is 0.636. The molecule has 0 aromatic heterocycles. The van der Waals surface area contributed by atoms with E-state index in [1.807, 2.05) is 0 Å². The molecule has 0 rings (SSSR count). The fourth-order valence-corrected chi connectivity index (χ4v) is 1.54. The average Bonchev–Trinajstić information content (AvgIpc) is 2.29. The summed E-state index contributed by atoms with van der Waals surface area (Å²) in [4.78, 5) is 32.9. The van der Waals surface area contributed by atoms with Crippen molar-refractivity contribution in [2.24, 2.45) is 0 Å². The molecule has 0 amide bonds. The van der Waals surface area contributed by atoms with Crippen molar-refractivity contribution >= 4 is 35.5 Å². The summed E-state index contributed by atoms with van der Waals surface area (Å²) < 4.78 is 14.6. The Hall–Kier alpha value is -1.54. The molecule has 0 aliphatic carbocycles. The van der Waals surface area contributed by atoms with E-state index < -0.39 is 42.8 Å². The van der Waals surface area contributed by atoms with Gasteiger partial charge in [0, 0.05) is 26.1 Å². The number of carbonyl (C=O) groups excluding carboxylic acids is 3. The minimum Gasteiger partial charge on any atom is -0.456 e. The molecule has 0 aromatic carbocycles. The van der Waals surface area contributed by atoms with Gasteiger partial charge in [-0.2, -0.15) is 0 Å². The molecule has 0 aromatic rings. The molecule has 0 heterocycles. The first-order chi connectivity index (χ1) is 8.81. The monoisotopic (exact) mass is 292 g/mol. The highest BCUT2D eigenvalue weighted by molar-refractivity contribution is 7.79. The maximum absolute atomic E-state index is 11.0. The van der Waals surface area contributed by atoms with Crippen LogP contribution in [0.3, 0.4) is 0 Å². The molecule has 0 bridgehead atoms. The number of hydrogen-bond donors (Lipinski definition) is 1. The third kappa shape index (κ3) is 6.82. The quantitative estimate of drug-likeness (QED) is 0.390. The van der Waals surface area contributed by atoms with E-state index in [9.17, 15) is 19.5 Å². The van der Waals surface area contributed by atoms with E-state index in [1.165, 1.54) is 0 Å². The van der Waals surface area contributed by atoms with Crippen LogP contribution in [-0.2, 0) is 28.6 Å². The van der Waals surface area contributed by atoms with Crippen molar-refractivity contribution in [3.63, 3.8) is 0 Å². The lowest BCUT2D eigenvalue weighted by Crippen LogP contribution is -2.47. The van der Waals surface area contributed by atoms with Crippen LogP contribution in [0.2, 0.25) is 0 Å². The van der Waals surface area contributed by atoms with Gasteiger partial charge < -0.3 is 19.3 Å². The van der Waals surface area contributed by atoms with Gasteiger partial charge in [0.25, 0.3) is 0 Å². The third-order valence-electron chi connectivity index (χ3n) is 1.93. The highest BCUT2D eigenvalue weighted by atomic mass is 32.1. The van der Waals surface area contributed by atoms with Gasteiger partial charge in [-0.25, -0.2) is 0 Å². The van der Waals surface area contributed by atoms with Crippen LogP contribution in [0.15, 0.2) is 0 Å². The number of esters is 3. The Labute approximate surface area is 115 Å². The second-order valence-corrected chi connectivity index (χ2v) is 3.89. The number of ether oxygens (including phenoxy) is 3. The summed E-state index contributed by atoms with van der Waals surface area (Å²) in [6.45, 7) is 2.80. The number of aliphatic hydroxyl groups excluding tert-OH is 1. The van der Waals surface area contributed by atoms with Crippen LogP contribution in [-0.4, -0.2) is 53.3 Å². The van der Waals surface area contributed by atoms with Crippen LogP contribution in [0.5, 0.6) is 0 Å². The zero-order chi connectivity index (χ0) is 15.0. The Morgan fingerprint density at radius 2 is 1.53 bits per heavy atom. The first-order valence-electron chi connectivity index (χ1n) is 5.39. The van der Waals surface area contributed by atoms with Crippen molar-refractivity contribution in [2.75, 3.05) is 6.61 Å². The lowest BCUT2D eigenvalue weighted by atomic mass is 10.1. The van der Waals surface area contributed by atoms with E-state index in [4.69, 9.17) is 14.2 Å². The van der Waals surface area contributed by atoms with Gasteiger partial charge in [0.05, 0.1) is 6.61 Å². The fourth-order valence-electron chi connectivity index (χ4n) is 1.33. The first-order valence-corrected chi connectivity index (χ1v) is 5.86. The van der Waals surface area contributed by atoms with Crippen LogP contribution in [0.25, 0.3) is 0 Å². The first kappa shape index (κ1) is 17.5. The largest absolute Gasteiger partial charge is 0.456 e. The molecule has 0 spiro atoms. The molecule has 0 aliphatic rings. The van der Waals surface area contributed by atoms with Crippen LogP contribution in [0.1, 0.15) is 20.8 Å². The SMILES string of the molecule is CC(=O)O[C@H]([C@H](CO)OC(C)=O)[C@@H](C=S)OC(C)=O. The van der Waals surface area contributed by atoms with Gasteiger partial charge in [-0.15, -0.1) is 0 Å². The predicted molar refractivity (Wildman–Crippen MR) is 67.4 cm³/mol. The van der Waals surface area contributed by atoms with Crippen LogP contribution in [0, 0.1) is 0 Å².